The molecule has 42 heavy (non-hydrogen) atoms. The van der Waals surface area contributed by atoms with Gasteiger partial charge < -0.3 is 9.64 Å². The number of methoxy groups -OCH3 is 1. The predicted octanol–water partition coefficient (Wildman–Crippen LogP) is 7.35. The summed E-state index contributed by atoms with van der Waals surface area (Å²) >= 11 is 6.51. The normalized spacial score (nSPS) is 14.6. The highest BCUT2D eigenvalue weighted by Crippen LogP contribution is 2.35. The summed E-state index contributed by atoms with van der Waals surface area (Å²) in [7, 11) is 1.60. The van der Waals surface area contributed by atoms with E-state index in [-0.39, 0.29) is 23.3 Å². The number of amides is 1. The largest absolute Gasteiger partial charge is 0.495 e. The van der Waals surface area contributed by atoms with Gasteiger partial charge >= 0.3 is 0 Å². The maximum Gasteiger partial charge on any atom is 0.226 e. The highest BCUT2D eigenvalue weighted by atomic mass is 35.5. The third kappa shape index (κ3) is 6.84. The summed E-state index contributed by atoms with van der Waals surface area (Å²) in [6.07, 6.45) is 8.57. The van der Waals surface area contributed by atoms with Gasteiger partial charge in [-0.1, -0.05) is 75.5 Å². The van der Waals surface area contributed by atoms with Crippen LogP contribution in [0.5, 0.6) is 5.75 Å². The van der Waals surface area contributed by atoms with E-state index in [0.717, 1.165) is 43.2 Å². The van der Waals surface area contributed by atoms with Crippen LogP contribution in [0.2, 0.25) is 5.02 Å². The number of ether oxygens (including phenoxy) is 1. The molecule has 1 aliphatic carbocycles. The van der Waals surface area contributed by atoms with Crippen LogP contribution < -0.4 is 4.74 Å². The highest BCUT2D eigenvalue weighted by molar-refractivity contribution is 6.32. The first-order valence-corrected chi connectivity index (χ1v) is 15.2. The van der Waals surface area contributed by atoms with E-state index in [0.29, 0.717) is 35.5 Å². The van der Waals surface area contributed by atoms with Gasteiger partial charge in [0.15, 0.2) is 11.6 Å². The molecule has 2 aromatic heterocycles. The van der Waals surface area contributed by atoms with Gasteiger partial charge in [-0.15, -0.1) is 0 Å². The first kappa shape index (κ1) is 29.8. The highest BCUT2D eigenvalue weighted by Gasteiger charge is 2.37. The van der Waals surface area contributed by atoms with E-state index in [1.54, 1.807) is 19.5 Å². The fourth-order valence-electron chi connectivity index (χ4n) is 5.85. The van der Waals surface area contributed by atoms with Gasteiger partial charge in [-0.3, -0.25) is 9.78 Å². The number of carbonyl (C=O) groups is 1. The lowest BCUT2D eigenvalue weighted by Gasteiger charge is -2.37. The first-order chi connectivity index (χ1) is 20.2. The van der Waals surface area contributed by atoms with Crippen molar-refractivity contribution in [3.63, 3.8) is 0 Å². The minimum atomic E-state index is -0.184. The molecule has 7 nitrogen and oxygen atoms in total. The zero-order valence-corrected chi connectivity index (χ0v) is 25.7. The Morgan fingerprint density at radius 3 is 2.40 bits per heavy atom. The Morgan fingerprint density at radius 2 is 1.76 bits per heavy atom. The summed E-state index contributed by atoms with van der Waals surface area (Å²) in [6.45, 7) is 7.60. The zero-order chi connectivity index (χ0) is 29.7. The molecule has 5 rings (SSSR count). The van der Waals surface area contributed by atoms with Gasteiger partial charge in [0.2, 0.25) is 5.91 Å². The van der Waals surface area contributed by atoms with Crippen molar-refractivity contribution in [2.75, 3.05) is 13.7 Å². The van der Waals surface area contributed by atoms with Crippen LogP contribution in [0.3, 0.4) is 0 Å². The molecule has 0 radical (unpaired) electrons. The summed E-state index contributed by atoms with van der Waals surface area (Å²) in [6, 6.07) is 20.0. The lowest BCUT2D eigenvalue weighted by atomic mass is 9.76. The van der Waals surface area contributed by atoms with Gasteiger partial charge in [0.05, 0.1) is 18.7 Å². The van der Waals surface area contributed by atoms with Crippen LogP contribution >= 0.6 is 11.6 Å². The van der Waals surface area contributed by atoms with Crippen LogP contribution in [0.15, 0.2) is 73.1 Å². The predicted molar refractivity (Wildman–Crippen MR) is 167 cm³/mol. The number of carbonyl (C=O) groups excluding carboxylic acids is 1. The lowest BCUT2D eigenvalue weighted by Crippen LogP contribution is -2.48. The molecule has 1 atom stereocenters. The summed E-state index contributed by atoms with van der Waals surface area (Å²) in [5, 5.41) is 5.42. The molecule has 0 N–H and O–H groups in total. The Kier molecular flexibility index (Phi) is 9.27. The second-order valence-electron chi connectivity index (χ2n) is 12.1. The second-order valence-corrected chi connectivity index (χ2v) is 12.6. The molecule has 4 aromatic rings. The monoisotopic (exact) mass is 585 g/mol. The van der Waals surface area contributed by atoms with Crippen molar-refractivity contribution in [2.24, 2.45) is 11.3 Å². The van der Waals surface area contributed by atoms with E-state index >= 15 is 0 Å². The topological polar surface area (TPSA) is 73.1 Å². The molecular weight excluding hydrogens is 546 g/mol. The third-order valence-electron chi connectivity index (χ3n) is 8.25. The smallest absolute Gasteiger partial charge is 0.226 e. The van der Waals surface area contributed by atoms with Gasteiger partial charge in [-0.25, -0.2) is 9.67 Å². The standard InChI is InChI=1S/C34H40ClN5O2/c1-34(2,3)28(22-24-10-6-5-7-11-24)33(41)39(27-12-8-9-13-27)20-21-40-32(26-14-15-30(42-4)29(35)23-26)37-31(38-40)25-16-18-36-19-17-25/h5-7,10-11,14-19,23,27-28H,8-9,12-13,20-22H2,1-4H3. The molecular formula is C34H40ClN5O2. The number of rotatable bonds is 10. The van der Waals surface area contributed by atoms with Crippen molar-refractivity contribution < 1.29 is 9.53 Å². The van der Waals surface area contributed by atoms with E-state index < -0.39 is 0 Å². The number of aromatic nitrogens is 4. The van der Waals surface area contributed by atoms with E-state index in [1.165, 1.54) is 5.56 Å². The molecule has 220 valence electrons. The van der Waals surface area contributed by atoms with Crippen molar-refractivity contribution in [3.8, 4) is 28.5 Å². The number of nitrogens with zero attached hydrogens (tertiary/aromatic N) is 5. The summed E-state index contributed by atoms with van der Waals surface area (Å²) in [5.74, 6) is 1.99. The van der Waals surface area contributed by atoms with Crippen molar-refractivity contribution in [3.05, 3.63) is 83.6 Å². The van der Waals surface area contributed by atoms with Crippen molar-refractivity contribution >= 4 is 17.5 Å². The zero-order valence-electron chi connectivity index (χ0n) is 25.0. The molecule has 1 fully saturated rings. The van der Waals surface area contributed by atoms with Gasteiger partial charge in [0, 0.05) is 42.0 Å². The molecule has 2 heterocycles. The quantitative estimate of drug-likeness (QED) is 0.195. The fourth-order valence-corrected chi connectivity index (χ4v) is 6.10. The number of pyridine rings is 1. The molecule has 0 spiro atoms. The molecule has 1 aliphatic rings. The summed E-state index contributed by atoms with van der Waals surface area (Å²) in [5.41, 5.74) is 2.72. The van der Waals surface area contributed by atoms with Crippen LogP contribution in [-0.4, -0.2) is 50.3 Å². The van der Waals surface area contributed by atoms with Crippen LogP contribution in [0.4, 0.5) is 0 Å². The lowest BCUT2D eigenvalue weighted by molar-refractivity contribution is -0.141. The van der Waals surface area contributed by atoms with Gasteiger partial charge in [0.25, 0.3) is 0 Å². The third-order valence-corrected chi connectivity index (χ3v) is 8.54. The van der Waals surface area contributed by atoms with E-state index in [1.807, 2.05) is 53.2 Å². The summed E-state index contributed by atoms with van der Waals surface area (Å²) in [4.78, 5) is 25.6. The number of hydrogen-bond donors (Lipinski definition) is 0. The average molecular weight is 586 g/mol. The van der Waals surface area contributed by atoms with Crippen LogP contribution in [-0.2, 0) is 17.8 Å². The van der Waals surface area contributed by atoms with Crippen LogP contribution in [0.25, 0.3) is 22.8 Å². The van der Waals surface area contributed by atoms with E-state index in [4.69, 9.17) is 26.4 Å². The number of benzene rings is 2. The van der Waals surface area contributed by atoms with E-state index in [2.05, 4.69) is 42.8 Å². The Balaban J connectivity index is 1.47. The number of halogens is 1. The number of hydrogen-bond acceptors (Lipinski definition) is 5. The Bertz CT molecular complexity index is 1480. The molecule has 2 aromatic carbocycles. The Morgan fingerprint density at radius 1 is 1.05 bits per heavy atom. The first-order valence-electron chi connectivity index (χ1n) is 14.8. The maximum absolute atomic E-state index is 14.4. The minimum absolute atomic E-state index is 0.136. The Hall–Kier alpha value is -3.71. The minimum Gasteiger partial charge on any atom is -0.495 e. The molecule has 8 heteroatoms. The fraction of sp³-hybridized carbons (Fsp3) is 0.412. The SMILES string of the molecule is COc1ccc(-c2nc(-c3ccncc3)nn2CCN(C(=O)C(Cc2ccccc2)C(C)(C)C)C2CCCC2)cc1Cl. The summed E-state index contributed by atoms with van der Waals surface area (Å²) < 4.78 is 7.28. The molecule has 0 saturated heterocycles. The van der Waals surface area contributed by atoms with Crippen LogP contribution in [0, 0.1) is 11.3 Å². The molecule has 1 amide bonds. The van der Waals surface area contributed by atoms with Crippen molar-refractivity contribution in [1.29, 1.82) is 0 Å². The maximum atomic E-state index is 14.4. The average Bonchev–Trinajstić information content (AvgIpc) is 3.67. The van der Waals surface area contributed by atoms with Crippen molar-refractivity contribution in [1.82, 2.24) is 24.6 Å². The van der Waals surface area contributed by atoms with Gasteiger partial charge in [0.1, 0.15) is 5.75 Å². The van der Waals surface area contributed by atoms with Crippen LogP contribution in [0.1, 0.15) is 52.0 Å². The molecule has 1 saturated carbocycles. The Labute approximate surface area is 253 Å². The van der Waals surface area contributed by atoms with Gasteiger partial charge in [-0.2, -0.15) is 5.10 Å². The molecule has 0 aliphatic heterocycles. The molecule has 1 unspecified atom stereocenters. The van der Waals surface area contributed by atoms with Gasteiger partial charge in [-0.05, 0) is 60.6 Å². The molecule has 0 bridgehead atoms. The van der Waals surface area contributed by atoms with E-state index in [9.17, 15) is 4.79 Å². The van der Waals surface area contributed by atoms with Crippen molar-refractivity contribution in [2.45, 2.75) is 65.5 Å². The second kappa shape index (κ2) is 13.1.